The molecule has 0 aromatic heterocycles. The van der Waals surface area contributed by atoms with Crippen molar-refractivity contribution in [1.29, 1.82) is 0 Å². The fourth-order valence-corrected chi connectivity index (χ4v) is 2.81. The van der Waals surface area contributed by atoms with Crippen LogP contribution in [0.5, 0.6) is 0 Å². The molecule has 1 atom stereocenters. The maximum Gasteiger partial charge on any atom is 0.252 e. The van der Waals surface area contributed by atoms with Gasteiger partial charge in [-0.2, -0.15) is 0 Å². The number of rotatable bonds is 4. The first-order valence-electron chi connectivity index (χ1n) is 6.70. The van der Waals surface area contributed by atoms with Crippen LogP contribution in [-0.2, 0) is 4.74 Å². The summed E-state index contributed by atoms with van der Waals surface area (Å²) < 4.78 is 6.44. The number of morpholine rings is 1. The lowest BCUT2D eigenvalue weighted by molar-refractivity contribution is -0.0246. The molecule has 1 aliphatic heterocycles. The van der Waals surface area contributed by atoms with E-state index in [4.69, 9.17) is 4.74 Å². The molecule has 1 aliphatic rings. The Bertz CT molecular complexity index is 484. The highest BCUT2D eigenvalue weighted by atomic mass is 79.9. The fraction of sp³-hybridized carbons (Fsp3) is 0.500. The zero-order valence-electron chi connectivity index (χ0n) is 11.4. The summed E-state index contributed by atoms with van der Waals surface area (Å²) in [5.74, 6) is -0.106. The Labute approximate surface area is 133 Å². The van der Waals surface area contributed by atoms with E-state index in [0.29, 0.717) is 12.1 Å². The van der Waals surface area contributed by atoms with Crippen molar-refractivity contribution < 1.29 is 9.53 Å². The highest BCUT2D eigenvalue weighted by Crippen LogP contribution is 2.20. The summed E-state index contributed by atoms with van der Waals surface area (Å²) >= 11 is 7.64. The van der Waals surface area contributed by atoms with Crippen LogP contribution in [0.15, 0.2) is 27.6 Å². The average Bonchev–Trinajstić information content (AvgIpc) is 2.47. The molecule has 1 amide bonds. The quantitative estimate of drug-likeness (QED) is 0.810. The zero-order valence-corrected chi connectivity index (χ0v) is 13.9. The van der Waals surface area contributed by atoms with E-state index in [1.54, 1.807) is 6.07 Å². The Morgan fingerprint density at radius 2 is 2.40 bits per heavy atom. The molecule has 1 aromatic carbocycles. The second kappa shape index (κ2) is 7.45. The van der Waals surface area contributed by atoms with Crippen molar-refractivity contribution in [3.63, 3.8) is 0 Å². The van der Waals surface area contributed by atoms with Gasteiger partial charge >= 0.3 is 0 Å². The highest BCUT2D eigenvalue weighted by Gasteiger charge is 2.20. The molecule has 20 heavy (non-hydrogen) atoms. The number of halogens is 1. The van der Waals surface area contributed by atoms with E-state index in [1.165, 1.54) is 0 Å². The van der Waals surface area contributed by atoms with Crippen LogP contribution in [-0.4, -0.2) is 49.7 Å². The smallest absolute Gasteiger partial charge is 0.252 e. The molecule has 0 saturated carbocycles. The van der Waals surface area contributed by atoms with Crippen molar-refractivity contribution >= 4 is 34.5 Å². The second-order valence-corrected chi connectivity index (χ2v) is 6.13. The Balaban J connectivity index is 1.90. The maximum absolute atomic E-state index is 12.2. The predicted octanol–water partition coefficient (Wildman–Crippen LogP) is 2.19. The van der Waals surface area contributed by atoms with Crippen LogP contribution in [0.3, 0.4) is 0 Å². The van der Waals surface area contributed by atoms with Gasteiger partial charge in [0.15, 0.2) is 0 Å². The molecule has 0 radical (unpaired) electrons. The Morgan fingerprint density at radius 3 is 3.15 bits per heavy atom. The first-order chi connectivity index (χ1) is 9.60. The molecule has 1 aromatic rings. The van der Waals surface area contributed by atoms with Gasteiger partial charge in [-0.05, 0) is 40.7 Å². The number of benzene rings is 1. The number of nitrogens with zero attached hydrogens (tertiary/aromatic N) is 1. The molecule has 4 nitrogen and oxygen atoms in total. The lowest BCUT2D eigenvalue weighted by Gasteiger charge is -2.32. The van der Waals surface area contributed by atoms with Crippen LogP contribution in [0.1, 0.15) is 17.3 Å². The molecule has 110 valence electrons. The van der Waals surface area contributed by atoms with Gasteiger partial charge < -0.3 is 10.1 Å². The van der Waals surface area contributed by atoms with Gasteiger partial charge in [0.2, 0.25) is 0 Å². The summed E-state index contributed by atoms with van der Waals surface area (Å²) in [6.45, 7) is 6.23. The SMILES string of the molecule is CCN1CCOC(CNC(=O)c2cc(S)ccc2Br)C1. The van der Waals surface area contributed by atoms with Gasteiger partial charge in [0, 0.05) is 29.0 Å². The molecule has 2 rings (SSSR count). The van der Waals surface area contributed by atoms with Crippen LogP contribution in [0.2, 0.25) is 0 Å². The molecule has 1 unspecified atom stereocenters. The highest BCUT2D eigenvalue weighted by molar-refractivity contribution is 9.10. The summed E-state index contributed by atoms with van der Waals surface area (Å²) in [6.07, 6.45) is 0.0607. The van der Waals surface area contributed by atoms with E-state index in [-0.39, 0.29) is 12.0 Å². The Kier molecular flexibility index (Phi) is 5.89. The van der Waals surface area contributed by atoms with Gasteiger partial charge in [-0.25, -0.2) is 0 Å². The van der Waals surface area contributed by atoms with Crippen molar-refractivity contribution in [2.75, 3.05) is 32.8 Å². The van der Waals surface area contributed by atoms with Gasteiger partial charge in [-0.3, -0.25) is 9.69 Å². The second-order valence-electron chi connectivity index (χ2n) is 4.76. The average molecular weight is 359 g/mol. The van der Waals surface area contributed by atoms with Crippen LogP contribution >= 0.6 is 28.6 Å². The van der Waals surface area contributed by atoms with E-state index in [2.05, 4.69) is 45.7 Å². The van der Waals surface area contributed by atoms with Crippen LogP contribution in [0, 0.1) is 0 Å². The zero-order chi connectivity index (χ0) is 14.5. The van der Waals surface area contributed by atoms with E-state index in [0.717, 1.165) is 35.6 Å². The fourth-order valence-electron chi connectivity index (χ4n) is 2.18. The molecule has 0 bridgehead atoms. The van der Waals surface area contributed by atoms with Crippen molar-refractivity contribution in [2.24, 2.45) is 0 Å². The van der Waals surface area contributed by atoms with Gasteiger partial charge in [-0.15, -0.1) is 12.6 Å². The lowest BCUT2D eigenvalue weighted by Crippen LogP contribution is -2.47. The summed E-state index contributed by atoms with van der Waals surface area (Å²) in [4.78, 5) is 15.3. The molecular weight excluding hydrogens is 340 g/mol. The number of amides is 1. The molecular formula is C14H19BrN2O2S. The minimum Gasteiger partial charge on any atom is -0.374 e. The van der Waals surface area contributed by atoms with Crippen molar-refractivity contribution in [3.05, 3.63) is 28.2 Å². The number of carbonyl (C=O) groups is 1. The van der Waals surface area contributed by atoms with E-state index < -0.39 is 0 Å². The monoisotopic (exact) mass is 358 g/mol. The molecule has 1 heterocycles. The topological polar surface area (TPSA) is 41.6 Å². The first-order valence-corrected chi connectivity index (χ1v) is 7.95. The molecule has 6 heteroatoms. The molecule has 1 saturated heterocycles. The predicted molar refractivity (Wildman–Crippen MR) is 85.6 cm³/mol. The maximum atomic E-state index is 12.2. The lowest BCUT2D eigenvalue weighted by atomic mass is 10.2. The van der Waals surface area contributed by atoms with E-state index in [1.807, 2.05) is 12.1 Å². The molecule has 1 fully saturated rings. The van der Waals surface area contributed by atoms with Crippen molar-refractivity contribution in [3.8, 4) is 0 Å². The van der Waals surface area contributed by atoms with E-state index in [9.17, 15) is 4.79 Å². The third-order valence-electron chi connectivity index (χ3n) is 3.35. The number of hydrogen-bond donors (Lipinski definition) is 2. The first kappa shape index (κ1) is 15.8. The van der Waals surface area contributed by atoms with Gasteiger partial charge in [0.05, 0.1) is 18.3 Å². The number of hydrogen-bond acceptors (Lipinski definition) is 4. The third kappa shape index (κ3) is 4.22. The van der Waals surface area contributed by atoms with Crippen LogP contribution in [0.4, 0.5) is 0 Å². The van der Waals surface area contributed by atoms with Gasteiger partial charge in [-0.1, -0.05) is 6.92 Å². The Hall–Kier alpha value is -0.560. The summed E-state index contributed by atoms with van der Waals surface area (Å²) in [7, 11) is 0. The minimum absolute atomic E-state index is 0.0607. The van der Waals surface area contributed by atoms with Crippen molar-refractivity contribution in [2.45, 2.75) is 17.9 Å². The molecule has 0 aliphatic carbocycles. The van der Waals surface area contributed by atoms with Gasteiger partial charge in [0.25, 0.3) is 5.91 Å². The summed E-state index contributed by atoms with van der Waals surface area (Å²) in [5.41, 5.74) is 0.598. The van der Waals surface area contributed by atoms with Crippen LogP contribution in [0.25, 0.3) is 0 Å². The molecule has 1 N–H and O–H groups in total. The number of likely N-dealkylation sites (N-methyl/N-ethyl adjacent to an activating group) is 1. The number of nitrogens with one attached hydrogen (secondary N) is 1. The van der Waals surface area contributed by atoms with Crippen LogP contribution < -0.4 is 5.32 Å². The summed E-state index contributed by atoms with van der Waals surface area (Å²) in [5, 5.41) is 2.93. The third-order valence-corrected chi connectivity index (χ3v) is 4.32. The Morgan fingerprint density at radius 1 is 1.60 bits per heavy atom. The number of carbonyl (C=O) groups excluding carboxylic acids is 1. The standard InChI is InChI=1S/C14H19BrN2O2S/c1-2-17-5-6-19-10(9-17)8-16-14(18)12-7-11(20)3-4-13(12)15/h3-4,7,10,20H,2,5-6,8-9H2,1H3,(H,16,18). The number of thiol groups is 1. The van der Waals surface area contributed by atoms with Crippen molar-refractivity contribution in [1.82, 2.24) is 10.2 Å². The van der Waals surface area contributed by atoms with Gasteiger partial charge in [0.1, 0.15) is 0 Å². The number of ether oxygens (including phenoxy) is 1. The van der Waals surface area contributed by atoms with E-state index >= 15 is 0 Å². The summed E-state index contributed by atoms with van der Waals surface area (Å²) in [6, 6.07) is 5.42. The largest absolute Gasteiger partial charge is 0.374 e. The molecule has 0 spiro atoms. The minimum atomic E-state index is -0.106. The normalized spacial score (nSPS) is 19.9.